The Balaban J connectivity index is 1.83. The number of nitrogens with zero attached hydrogens (tertiary/aromatic N) is 3. The van der Waals surface area contributed by atoms with Gasteiger partial charge in [-0.15, -0.1) is 0 Å². The fourth-order valence-electron chi connectivity index (χ4n) is 2.79. The molecule has 0 unspecified atom stereocenters. The maximum absolute atomic E-state index is 5.98. The number of benzene rings is 2. The van der Waals surface area contributed by atoms with Crippen molar-refractivity contribution < 1.29 is 4.74 Å². The Morgan fingerprint density at radius 2 is 1.85 bits per heavy atom. The van der Waals surface area contributed by atoms with Gasteiger partial charge in [-0.3, -0.25) is 0 Å². The molecule has 0 saturated carbocycles. The number of ether oxygens (including phenoxy) is 1. The van der Waals surface area contributed by atoms with Gasteiger partial charge in [-0.2, -0.15) is 14.9 Å². The second-order valence-corrected chi connectivity index (χ2v) is 6.76. The highest BCUT2D eigenvalue weighted by Gasteiger charge is 2.09. The van der Waals surface area contributed by atoms with E-state index in [9.17, 15) is 0 Å². The number of para-hydroxylation sites is 1. The average Bonchev–Trinajstić information content (AvgIpc) is 2.94. The quantitative estimate of drug-likeness (QED) is 0.529. The molecule has 0 aliphatic heterocycles. The van der Waals surface area contributed by atoms with Crippen LogP contribution in [0.15, 0.2) is 41.5 Å². The number of aryl methyl sites for hydroxylation is 4. The number of aromatic nitrogens is 3. The molecule has 2 aromatic carbocycles. The summed E-state index contributed by atoms with van der Waals surface area (Å²) in [6, 6.07) is 12.3. The van der Waals surface area contributed by atoms with Crippen LogP contribution < -0.4 is 4.74 Å². The summed E-state index contributed by atoms with van der Waals surface area (Å²) in [6.07, 6.45) is 1.79. The van der Waals surface area contributed by atoms with Crippen LogP contribution in [0.25, 0.3) is 0 Å². The molecular formula is C20H22N4OS. The predicted molar refractivity (Wildman–Crippen MR) is 107 cm³/mol. The van der Waals surface area contributed by atoms with Crippen molar-refractivity contribution in [1.82, 2.24) is 14.9 Å². The van der Waals surface area contributed by atoms with Gasteiger partial charge in [-0.05, 0) is 62.2 Å². The van der Waals surface area contributed by atoms with E-state index in [4.69, 9.17) is 17.0 Å². The van der Waals surface area contributed by atoms with Crippen LogP contribution in [0.3, 0.4) is 0 Å². The average molecular weight is 366 g/mol. The number of H-pyrrole nitrogens is 1. The maximum Gasteiger partial charge on any atom is 0.216 e. The molecule has 1 heterocycles. The van der Waals surface area contributed by atoms with E-state index in [0.29, 0.717) is 10.6 Å². The lowest BCUT2D eigenvalue weighted by Gasteiger charge is -2.11. The van der Waals surface area contributed by atoms with Crippen molar-refractivity contribution >= 4 is 18.4 Å². The lowest BCUT2D eigenvalue weighted by atomic mass is 10.1. The van der Waals surface area contributed by atoms with Gasteiger partial charge in [0, 0.05) is 0 Å². The van der Waals surface area contributed by atoms with Gasteiger partial charge in [0.15, 0.2) is 5.82 Å². The zero-order valence-corrected chi connectivity index (χ0v) is 16.2. The first-order valence-electron chi connectivity index (χ1n) is 8.42. The molecule has 0 atom stereocenters. The Morgan fingerprint density at radius 1 is 1.12 bits per heavy atom. The molecule has 0 aliphatic rings. The molecule has 0 radical (unpaired) electrons. The number of hydrogen-bond donors (Lipinski definition) is 1. The van der Waals surface area contributed by atoms with Gasteiger partial charge in [-0.25, -0.2) is 5.10 Å². The molecule has 0 saturated heterocycles. The molecule has 6 heteroatoms. The van der Waals surface area contributed by atoms with E-state index in [1.54, 1.807) is 10.9 Å². The fraction of sp³-hybridized carbons (Fsp3) is 0.250. The van der Waals surface area contributed by atoms with Crippen LogP contribution in [0, 0.1) is 32.5 Å². The third-order valence-electron chi connectivity index (χ3n) is 4.21. The molecule has 3 rings (SSSR count). The number of hydrogen-bond acceptors (Lipinski definition) is 4. The van der Waals surface area contributed by atoms with Crippen molar-refractivity contribution in [3.63, 3.8) is 0 Å². The summed E-state index contributed by atoms with van der Waals surface area (Å²) in [5.74, 6) is 1.49. The number of nitrogens with one attached hydrogen (secondary N) is 1. The maximum atomic E-state index is 5.98. The van der Waals surface area contributed by atoms with Crippen LogP contribution in [-0.2, 0) is 6.61 Å². The Hall–Kier alpha value is -2.73. The van der Waals surface area contributed by atoms with E-state index in [2.05, 4.69) is 41.3 Å². The topological polar surface area (TPSA) is 55.2 Å². The van der Waals surface area contributed by atoms with Gasteiger partial charge in [0.2, 0.25) is 4.77 Å². The summed E-state index contributed by atoms with van der Waals surface area (Å²) in [7, 11) is 0. The van der Waals surface area contributed by atoms with E-state index in [-0.39, 0.29) is 6.61 Å². The first-order valence-corrected chi connectivity index (χ1v) is 8.83. The molecule has 0 fully saturated rings. The first kappa shape index (κ1) is 18.1. The predicted octanol–water partition coefficient (Wildman–Crippen LogP) is 4.64. The smallest absolute Gasteiger partial charge is 0.216 e. The Kier molecular flexibility index (Phi) is 5.32. The zero-order chi connectivity index (χ0) is 18.7. The monoisotopic (exact) mass is 366 g/mol. The van der Waals surface area contributed by atoms with Crippen molar-refractivity contribution in [1.29, 1.82) is 0 Å². The number of rotatable bonds is 5. The standard InChI is InChI=1S/C20H22N4OS/c1-13-8-9-17(16(4)10-13)11-21-24-18(22-23-20(24)26)12-25-19-14(2)6-5-7-15(19)3/h5-11H,12H2,1-4H3,(H,23,26)/b21-11-. The van der Waals surface area contributed by atoms with E-state index in [0.717, 1.165) is 28.0 Å². The van der Waals surface area contributed by atoms with Crippen molar-refractivity contribution in [3.8, 4) is 5.75 Å². The molecule has 0 bridgehead atoms. The Morgan fingerprint density at radius 3 is 2.54 bits per heavy atom. The summed E-state index contributed by atoms with van der Waals surface area (Å²) in [6.45, 7) is 8.47. The van der Waals surface area contributed by atoms with Crippen LogP contribution >= 0.6 is 12.2 Å². The van der Waals surface area contributed by atoms with Gasteiger partial charge in [0.1, 0.15) is 12.4 Å². The third kappa shape index (κ3) is 3.91. The van der Waals surface area contributed by atoms with E-state index < -0.39 is 0 Å². The summed E-state index contributed by atoms with van der Waals surface area (Å²) in [5.41, 5.74) is 5.61. The van der Waals surface area contributed by atoms with Crippen LogP contribution in [0.1, 0.15) is 33.6 Å². The second-order valence-electron chi connectivity index (χ2n) is 6.37. The van der Waals surface area contributed by atoms with E-state index in [1.807, 2.05) is 38.1 Å². The van der Waals surface area contributed by atoms with E-state index in [1.165, 1.54) is 5.56 Å². The molecular weight excluding hydrogens is 344 g/mol. The highest BCUT2D eigenvalue weighted by Crippen LogP contribution is 2.23. The molecule has 0 spiro atoms. The van der Waals surface area contributed by atoms with Gasteiger partial charge in [0.05, 0.1) is 6.21 Å². The van der Waals surface area contributed by atoms with Crippen molar-refractivity contribution in [2.45, 2.75) is 34.3 Å². The minimum absolute atomic E-state index is 0.281. The molecule has 5 nitrogen and oxygen atoms in total. The SMILES string of the molecule is Cc1ccc(/C=N\n2c(COc3c(C)cccc3C)n[nH]c2=S)c(C)c1. The van der Waals surface area contributed by atoms with Crippen molar-refractivity contribution in [3.05, 3.63) is 74.8 Å². The molecule has 1 N–H and O–H groups in total. The lowest BCUT2D eigenvalue weighted by Crippen LogP contribution is -2.06. The first-order chi connectivity index (χ1) is 12.5. The molecule has 0 amide bonds. The largest absolute Gasteiger partial charge is 0.485 e. The second kappa shape index (κ2) is 7.66. The summed E-state index contributed by atoms with van der Waals surface area (Å²) >= 11 is 5.30. The summed E-state index contributed by atoms with van der Waals surface area (Å²) < 4.78 is 8.01. The lowest BCUT2D eigenvalue weighted by molar-refractivity contribution is 0.287. The van der Waals surface area contributed by atoms with Crippen molar-refractivity contribution in [2.24, 2.45) is 5.10 Å². The molecule has 26 heavy (non-hydrogen) atoms. The van der Waals surface area contributed by atoms with Gasteiger partial charge in [-0.1, -0.05) is 42.0 Å². The Bertz CT molecular complexity index is 997. The Labute approximate surface area is 158 Å². The minimum Gasteiger partial charge on any atom is -0.485 e. The van der Waals surface area contributed by atoms with Crippen LogP contribution in [0.4, 0.5) is 0 Å². The normalized spacial score (nSPS) is 11.2. The molecule has 134 valence electrons. The highest BCUT2D eigenvalue weighted by molar-refractivity contribution is 7.71. The molecule has 1 aromatic heterocycles. The van der Waals surface area contributed by atoms with Crippen molar-refractivity contribution in [2.75, 3.05) is 0 Å². The van der Waals surface area contributed by atoms with E-state index >= 15 is 0 Å². The third-order valence-corrected chi connectivity index (χ3v) is 4.47. The molecule has 0 aliphatic carbocycles. The van der Waals surface area contributed by atoms with Crippen LogP contribution in [0.2, 0.25) is 0 Å². The van der Waals surface area contributed by atoms with Gasteiger partial charge < -0.3 is 4.74 Å². The number of aromatic amines is 1. The zero-order valence-electron chi connectivity index (χ0n) is 15.4. The molecule has 3 aromatic rings. The summed E-state index contributed by atoms with van der Waals surface area (Å²) in [4.78, 5) is 0. The summed E-state index contributed by atoms with van der Waals surface area (Å²) in [5, 5.41) is 11.5. The fourth-order valence-corrected chi connectivity index (χ4v) is 2.99. The van der Waals surface area contributed by atoms with Gasteiger partial charge >= 0.3 is 0 Å². The minimum atomic E-state index is 0.281. The van der Waals surface area contributed by atoms with Gasteiger partial charge in [0.25, 0.3) is 0 Å². The van der Waals surface area contributed by atoms with Crippen LogP contribution in [-0.4, -0.2) is 21.1 Å². The van der Waals surface area contributed by atoms with Crippen LogP contribution in [0.5, 0.6) is 5.75 Å². The highest BCUT2D eigenvalue weighted by atomic mass is 32.1.